The summed E-state index contributed by atoms with van der Waals surface area (Å²) in [5, 5.41) is 3.27. The molecule has 0 radical (unpaired) electrons. The number of aromatic nitrogens is 1. The molecule has 0 unspecified atom stereocenters. The van der Waals surface area contributed by atoms with Crippen LogP contribution in [0.3, 0.4) is 0 Å². The Morgan fingerprint density at radius 2 is 2.00 bits per heavy atom. The van der Waals surface area contributed by atoms with Gasteiger partial charge in [-0.3, -0.25) is 0 Å². The third-order valence-corrected chi connectivity index (χ3v) is 3.15. The number of anilines is 2. The van der Waals surface area contributed by atoms with Crippen molar-refractivity contribution in [3.8, 4) is 5.88 Å². The van der Waals surface area contributed by atoms with Gasteiger partial charge < -0.3 is 15.8 Å². The zero-order chi connectivity index (χ0) is 15.5. The number of pyridine rings is 1. The number of hydrogen-bond acceptors (Lipinski definition) is 4. The molecule has 112 valence electrons. The van der Waals surface area contributed by atoms with Gasteiger partial charge in [0.15, 0.2) is 0 Å². The van der Waals surface area contributed by atoms with Crippen molar-refractivity contribution in [1.82, 2.24) is 4.98 Å². The maximum absolute atomic E-state index is 5.90. The van der Waals surface area contributed by atoms with E-state index in [-0.39, 0.29) is 5.60 Å². The van der Waals surface area contributed by atoms with Gasteiger partial charge in [-0.2, -0.15) is 4.98 Å². The highest BCUT2D eigenvalue weighted by atomic mass is 79.9. The highest BCUT2D eigenvalue weighted by Gasteiger charge is 2.15. The number of nitrogens with two attached hydrogens (primary N) is 1. The number of halogens is 1. The second-order valence-corrected chi connectivity index (χ2v) is 6.70. The van der Waals surface area contributed by atoms with Gasteiger partial charge in [0.2, 0.25) is 5.88 Å². The lowest BCUT2D eigenvalue weighted by Crippen LogP contribution is -2.24. The summed E-state index contributed by atoms with van der Waals surface area (Å²) in [6, 6.07) is 11.8. The van der Waals surface area contributed by atoms with Crippen molar-refractivity contribution >= 4 is 27.4 Å². The first-order valence-electron chi connectivity index (χ1n) is 6.77. The molecular weight excluding hydrogens is 330 g/mol. The number of nitrogen functional groups attached to an aromatic ring is 1. The standard InChI is InChI=1S/C16H20BrN3O/c1-16(2,3)21-15-13(18)7-8-14(20-15)19-10-11-5-4-6-12(17)9-11/h4-9H,10,18H2,1-3H3,(H,19,20). The number of ether oxygens (including phenoxy) is 1. The summed E-state index contributed by atoms with van der Waals surface area (Å²) < 4.78 is 6.82. The fourth-order valence-corrected chi connectivity index (χ4v) is 2.21. The summed E-state index contributed by atoms with van der Waals surface area (Å²) in [4.78, 5) is 4.43. The topological polar surface area (TPSA) is 60.2 Å². The van der Waals surface area contributed by atoms with E-state index in [9.17, 15) is 0 Å². The lowest BCUT2D eigenvalue weighted by Gasteiger charge is -2.21. The summed E-state index contributed by atoms with van der Waals surface area (Å²) >= 11 is 3.46. The van der Waals surface area contributed by atoms with Gasteiger partial charge in [0.25, 0.3) is 0 Å². The highest BCUT2D eigenvalue weighted by molar-refractivity contribution is 9.10. The minimum Gasteiger partial charge on any atom is -0.470 e. The summed E-state index contributed by atoms with van der Waals surface area (Å²) in [5.41, 5.74) is 7.28. The van der Waals surface area contributed by atoms with Gasteiger partial charge in [0.05, 0.1) is 5.69 Å². The van der Waals surface area contributed by atoms with Crippen LogP contribution in [0.25, 0.3) is 0 Å². The molecule has 4 nitrogen and oxygen atoms in total. The van der Waals surface area contributed by atoms with Crippen LogP contribution in [0.1, 0.15) is 26.3 Å². The van der Waals surface area contributed by atoms with E-state index in [1.54, 1.807) is 6.07 Å². The van der Waals surface area contributed by atoms with Crippen LogP contribution in [0.4, 0.5) is 11.5 Å². The first-order valence-corrected chi connectivity index (χ1v) is 7.57. The van der Waals surface area contributed by atoms with Gasteiger partial charge in [-0.25, -0.2) is 0 Å². The van der Waals surface area contributed by atoms with Crippen molar-refractivity contribution in [2.45, 2.75) is 32.9 Å². The summed E-state index contributed by atoms with van der Waals surface area (Å²) in [5.74, 6) is 1.20. The average Bonchev–Trinajstić information content (AvgIpc) is 2.38. The Balaban J connectivity index is 2.09. The van der Waals surface area contributed by atoms with Crippen LogP contribution in [0.5, 0.6) is 5.88 Å². The van der Waals surface area contributed by atoms with E-state index in [2.05, 4.69) is 38.4 Å². The third-order valence-electron chi connectivity index (χ3n) is 2.66. The molecule has 1 aromatic heterocycles. The summed E-state index contributed by atoms with van der Waals surface area (Å²) in [7, 11) is 0. The Labute approximate surface area is 133 Å². The summed E-state index contributed by atoms with van der Waals surface area (Å²) in [6.45, 7) is 6.59. The van der Waals surface area contributed by atoms with Crippen molar-refractivity contribution in [2.24, 2.45) is 0 Å². The van der Waals surface area contributed by atoms with Crippen LogP contribution in [-0.4, -0.2) is 10.6 Å². The molecular formula is C16H20BrN3O. The van der Waals surface area contributed by atoms with Gasteiger partial charge in [-0.15, -0.1) is 0 Å². The first-order chi connectivity index (χ1) is 9.83. The van der Waals surface area contributed by atoms with E-state index in [4.69, 9.17) is 10.5 Å². The maximum Gasteiger partial charge on any atom is 0.239 e. The number of nitrogens with one attached hydrogen (secondary N) is 1. The van der Waals surface area contributed by atoms with Crippen LogP contribution < -0.4 is 15.8 Å². The van der Waals surface area contributed by atoms with Gasteiger partial charge >= 0.3 is 0 Å². The average molecular weight is 350 g/mol. The Morgan fingerprint density at radius 3 is 2.67 bits per heavy atom. The Morgan fingerprint density at radius 1 is 1.24 bits per heavy atom. The SMILES string of the molecule is CC(C)(C)Oc1nc(NCc2cccc(Br)c2)ccc1N. The van der Waals surface area contributed by atoms with Gasteiger partial charge in [-0.05, 0) is 50.6 Å². The lowest BCUT2D eigenvalue weighted by molar-refractivity contribution is 0.125. The molecule has 0 fully saturated rings. The van der Waals surface area contributed by atoms with E-state index in [1.807, 2.05) is 39.0 Å². The number of rotatable bonds is 4. The van der Waals surface area contributed by atoms with Crippen molar-refractivity contribution in [1.29, 1.82) is 0 Å². The molecule has 0 aliphatic rings. The molecule has 5 heteroatoms. The Hall–Kier alpha value is -1.75. The van der Waals surface area contributed by atoms with E-state index in [0.29, 0.717) is 18.1 Å². The molecule has 0 saturated carbocycles. The zero-order valence-electron chi connectivity index (χ0n) is 12.5. The smallest absolute Gasteiger partial charge is 0.239 e. The molecule has 2 aromatic rings. The fraction of sp³-hybridized carbons (Fsp3) is 0.312. The van der Waals surface area contributed by atoms with Gasteiger partial charge in [0, 0.05) is 11.0 Å². The van der Waals surface area contributed by atoms with Crippen LogP contribution in [0.15, 0.2) is 40.9 Å². The Kier molecular flexibility index (Phi) is 4.73. The summed E-state index contributed by atoms with van der Waals surface area (Å²) in [6.07, 6.45) is 0. The highest BCUT2D eigenvalue weighted by Crippen LogP contribution is 2.25. The molecule has 2 rings (SSSR count). The maximum atomic E-state index is 5.90. The Bertz CT molecular complexity index is 623. The quantitative estimate of drug-likeness (QED) is 0.867. The molecule has 1 aromatic carbocycles. The lowest BCUT2D eigenvalue weighted by atomic mass is 10.2. The van der Waals surface area contributed by atoms with Crippen LogP contribution in [0.2, 0.25) is 0 Å². The molecule has 3 N–H and O–H groups in total. The van der Waals surface area contributed by atoms with Crippen LogP contribution in [-0.2, 0) is 6.54 Å². The zero-order valence-corrected chi connectivity index (χ0v) is 14.1. The minimum atomic E-state index is -0.329. The minimum absolute atomic E-state index is 0.329. The van der Waals surface area contributed by atoms with Gasteiger partial charge in [-0.1, -0.05) is 28.1 Å². The molecule has 0 atom stereocenters. The first kappa shape index (κ1) is 15.6. The van der Waals surface area contributed by atoms with Crippen molar-refractivity contribution in [3.63, 3.8) is 0 Å². The van der Waals surface area contributed by atoms with E-state index in [0.717, 1.165) is 10.3 Å². The predicted octanol–water partition coefficient (Wildman–Crippen LogP) is 4.22. The number of nitrogens with zero attached hydrogens (tertiary/aromatic N) is 1. The fourth-order valence-electron chi connectivity index (χ4n) is 1.76. The number of hydrogen-bond donors (Lipinski definition) is 2. The molecule has 0 spiro atoms. The normalized spacial score (nSPS) is 11.2. The van der Waals surface area contributed by atoms with E-state index in [1.165, 1.54) is 5.56 Å². The van der Waals surface area contributed by atoms with Crippen molar-refractivity contribution in [2.75, 3.05) is 11.1 Å². The monoisotopic (exact) mass is 349 g/mol. The largest absolute Gasteiger partial charge is 0.470 e. The predicted molar refractivity (Wildman–Crippen MR) is 90.5 cm³/mol. The van der Waals surface area contributed by atoms with Crippen LogP contribution in [0, 0.1) is 0 Å². The van der Waals surface area contributed by atoms with Crippen molar-refractivity contribution < 1.29 is 4.74 Å². The molecule has 0 aliphatic carbocycles. The molecule has 0 aliphatic heterocycles. The molecule has 1 heterocycles. The second kappa shape index (κ2) is 6.35. The van der Waals surface area contributed by atoms with Crippen LogP contribution >= 0.6 is 15.9 Å². The third kappa shape index (κ3) is 4.93. The van der Waals surface area contributed by atoms with Crippen molar-refractivity contribution in [3.05, 3.63) is 46.4 Å². The molecule has 0 bridgehead atoms. The van der Waals surface area contributed by atoms with E-state index < -0.39 is 0 Å². The molecule has 0 amide bonds. The molecule has 21 heavy (non-hydrogen) atoms. The number of benzene rings is 1. The van der Waals surface area contributed by atoms with Gasteiger partial charge in [0.1, 0.15) is 11.4 Å². The second-order valence-electron chi connectivity index (χ2n) is 5.79. The molecule has 0 saturated heterocycles. The van der Waals surface area contributed by atoms with E-state index >= 15 is 0 Å².